The predicted molar refractivity (Wildman–Crippen MR) is 212 cm³/mol. The lowest BCUT2D eigenvalue weighted by molar-refractivity contribution is -0.0443. The molecule has 256 valence electrons. The van der Waals surface area contributed by atoms with Gasteiger partial charge < -0.3 is 9.32 Å². The monoisotopic (exact) mass is 685 g/mol. The van der Waals surface area contributed by atoms with Crippen molar-refractivity contribution in [1.82, 2.24) is 0 Å². The lowest BCUT2D eigenvalue weighted by Gasteiger charge is -2.63. The molecule has 0 radical (unpaired) electrons. The first-order valence-electron chi connectivity index (χ1n) is 19.5. The Morgan fingerprint density at radius 2 is 1.22 bits per heavy atom. The van der Waals surface area contributed by atoms with Crippen LogP contribution in [0.5, 0.6) is 0 Å². The Kier molecular flexibility index (Phi) is 6.35. The van der Waals surface area contributed by atoms with E-state index in [0.29, 0.717) is 0 Å². The van der Waals surface area contributed by atoms with Crippen LogP contribution in [0, 0.1) is 23.7 Å². The highest BCUT2D eigenvalue weighted by atomic mass is 32.2. The van der Waals surface area contributed by atoms with E-state index in [0.717, 1.165) is 34.8 Å². The minimum atomic E-state index is 0.0534. The van der Waals surface area contributed by atoms with Crippen molar-refractivity contribution < 1.29 is 4.42 Å². The topological polar surface area (TPSA) is 16.4 Å². The molecule has 1 spiro atoms. The lowest BCUT2D eigenvalue weighted by Crippen LogP contribution is -2.57. The molecule has 6 aromatic rings. The number of nitrogens with zero attached hydrogens (tertiary/aromatic N) is 1. The minimum Gasteiger partial charge on any atom is -0.456 e. The Balaban J connectivity index is 1.18. The van der Waals surface area contributed by atoms with Crippen molar-refractivity contribution in [3.05, 3.63) is 125 Å². The summed E-state index contributed by atoms with van der Waals surface area (Å²) in [4.78, 5) is 5.58. The second-order valence-corrected chi connectivity index (χ2v) is 19.1. The van der Waals surface area contributed by atoms with Crippen LogP contribution in [0.1, 0.15) is 94.9 Å². The lowest BCUT2D eigenvalue weighted by atomic mass is 9.42. The van der Waals surface area contributed by atoms with E-state index < -0.39 is 0 Å². The maximum absolute atomic E-state index is 6.37. The molecule has 0 amide bonds. The van der Waals surface area contributed by atoms with Gasteiger partial charge in [0.05, 0.1) is 5.69 Å². The van der Waals surface area contributed by atoms with Crippen molar-refractivity contribution in [3.8, 4) is 0 Å². The van der Waals surface area contributed by atoms with Gasteiger partial charge in [-0.3, -0.25) is 0 Å². The van der Waals surface area contributed by atoms with E-state index in [1.54, 1.807) is 11.1 Å². The molecule has 6 aliphatic rings. The highest BCUT2D eigenvalue weighted by Gasteiger charge is 2.60. The summed E-state index contributed by atoms with van der Waals surface area (Å²) < 4.78 is 6.37. The van der Waals surface area contributed by atoms with Crippen LogP contribution in [0.3, 0.4) is 0 Å². The fraction of sp³-hybridized carbons (Fsp3) is 0.375. The molecule has 0 saturated heterocycles. The zero-order chi connectivity index (χ0) is 34.3. The Morgan fingerprint density at radius 1 is 0.569 bits per heavy atom. The summed E-state index contributed by atoms with van der Waals surface area (Å²) in [5.74, 6) is 3.27. The average Bonchev–Trinajstić information content (AvgIpc) is 3.50. The third-order valence-corrected chi connectivity index (χ3v) is 15.5. The van der Waals surface area contributed by atoms with Crippen molar-refractivity contribution in [2.24, 2.45) is 23.7 Å². The summed E-state index contributed by atoms with van der Waals surface area (Å²) >= 11 is 2.01. The second-order valence-electron chi connectivity index (χ2n) is 18.0. The molecular formula is C48H47NOS. The molecule has 4 saturated carbocycles. The quantitative estimate of drug-likeness (QED) is 0.184. The van der Waals surface area contributed by atoms with Gasteiger partial charge in [0.25, 0.3) is 0 Å². The van der Waals surface area contributed by atoms with Crippen LogP contribution in [0.15, 0.2) is 117 Å². The van der Waals surface area contributed by atoms with E-state index in [4.69, 9.17) is 4.42 Å². The van der Waals surface area contributed by atoms with Crippen LogP contribution in [-0.4, -0.2) is 0 Å². The highest BCUT2D eigenvalue weighted by Crippen LogP contribution is 2.69. The largest absolute Gasteiger partial charge is 0.456 e. The van der Waals surface area contributed by atoms with Crippen LogP contribution >= 0.6 is 11.8 Å². The minimum absolute atomic E-state index is 0.0534. The van der Waals surface area contributed by atoms with E-state index in [-0.39, 0.29) is 16.2 Å². The fourth-order valence-corrected chi connectivity index (χ4v) is 13.4. The van der Waals surface area contributed by atoms with Crippen LogP contribution in [0.4, 0.5) is 17.1 Å². The molecule has 2 nitrogen and oxygen atoms in total. The zero-order valence-electron chi connectivity index (χ0n) is 30.3. The summed E-state index contributed by atoms with van der Waals surface area (Å²) in [7, 11) is 0. The second kappa shape index (κ2) is 10.6. The number of fused-ring (bicyclic) bond motifs is 6. The Bertz CT molecular complexity index is 2370. The van der Waals surface area contributed by atoms with Gasteiger partial charge in [-0.05, 0) is 156 Å². The van der Waals surface area contributed by atoms with Crippen LogP contribution in [0.2, 0.25) is 0 Å². The molecule has 4 bridgehead atoms. The van der Waals surface area contributed by atoms with Gasteiger partial charge >= 0.3 is 0 Å². The number of rotatable bonds is 3. The fourth-order valence-electron chi connectivity index (χ4n) is 12.2. The van der Waals surface area contributed by atoms with Crippen molar-refractivity contribution in [3.63, 3.8) is 0 Å². The predicted octanol–water partition coefficient (Wildman–Crippen LogP) is 13.6. The molecule has 0 atom stereocenters. The Hall–Kier alpha value is -3.95. The average molecular weight is 686 g/mol. The van der Waals surface area contributed by atoms with Gasteiger partial charge in [-0.25, -0.2) is 0 Å². The molecule has 3 heteroatoms. The SMILES string of the molecule is CC1(C)CCC(C)(C)c2c(N(c3ccc4c(c3)C3(c5ccccc5S4)C4CC5CC(C4)CC3C5)c3ccc4oc5ccccc5c4c3)cccc21. The molecule has 12 rings (SSSR count). The summed E-state index contributed by atoms with van der Waals surface area (Å²) in [6, 6.07) is 39.6. The van der Waals surface area contributed by atoms with Gasteiger partial charge in [0.1, 0.15) is 11.2 Å². The maximum atomic E-state index is 6.37. The van der Waals surface area contributed by atoms with Crippen molar-refractivity contribution in [1.29, 1.82) is 0 Å². The van der Waals surface area contributed by atoms with Gasteiger partial charge in [0, 0.05) is 37.4 Å². The number of hydrogen-bond donors (Lipinski definition) is 0. The van der Waals surface area contributed by atoms with Gasteiger partial charge in [0.15, 0.2) is 0 Å². The normalized spacial score (nSPS) is 27.8. The molecule has 4 fully saturated rings. The Labute approximate surface area is 306 Å². The van der Waals surface area contributed by atoms with E-state index in [2.05, 4.69) is 136 Å². The molecule has 1 aliphatic heterocycles. The van der Waals surface area contributed by atoms with Crippen LogP contribution < -0.4 is 4.90 Å². The van der Waals surface area contributed by atoms with Crippen molar-refractivity contribution in [2.45, 2.75) is 98.7 Å². The van der Waals surface area contributed by atoms with Gasteiger partial charge in [-0.1, -0.05) is 88.0 Å². The highest BCUT2D eigenvalue weighted by molar-refractivity contribution is 7.99. The molecule has 51 heavy (non-hydrogen) atoms. The van der Waals surface area contributed by atoms with Gasteiger partial charge in [-0.2, -0.15) is 0 Å². The maximum Gasteiger partial charge on any atom is 0.135 e. The number of para-hydroxylation sites is 1. The third-order valence-electron chi connectivity index (χ3n) is 14.3. The van der Waals surface area contributed by atoms with E-state index in [1.807, 2.05) is 11.8 Å². The molecular weight excluding hydrogens is 639 g/mol. The third kappa shape index (κ3) is 4.25. The Morgan fingerprint density at radius 3 is 2.04 bits per heavy atom. The summed E-state index contributed by atoms with van der Waals surface area (Å²) in [6.45, 7) is 9.84. The van der Waals surface area contributed by atoms with Gasteiger partial charge in [-0.15, -0.1) is 0 Å². The number of hydrogen-bond acceptors (Lipinski definition) is 3. The number of furan rings is 1. The van der Waals surface area contributed by atoms with Gasteiger partial charge in [0.2, 0.25) is 0 Å². The molecule has 0 unspecified atom stereocenters. The van der Waals surface area contributed by atoms with Crippen LogP contribution in [-0.2, 0) is 16.2 Å². The molecule has 5 aliphatic carbocycles. The van der Waals surface area contributed by atoms with E-state index in [9.17, 15) is 0 Å². The molecule has 5 aromatic carbocycles. The standard InChI is InChI=1S/C48H47NOS/c1-46(2)20-21-47(3,4)45-38(46)12-9-13-40(45)49(33-16-18-42-36(27-33)35-10-5-7-14-41(35)50-42)34-17-19-44-39(28-34)48(37-11-6-8-15-43(37)51-44)31-23-29-22-30(25-31)26-32(48)24-29/h5-19,27-32H,20-26H2,1-4H3. The molecule has 0 N–H and O–H groups in total. The van der Waals surface area contributed by atoms with Crippen molar-refractivity contribution in [2.75, 3.05) is 4.90 Å². The van der Waals surface area contributed by atoms with E-state index in [1.165, 1.54) is 93.7 Å². The summed E-state index contributed by atoms with van der Waals surface area (Å²) in [6.07, 6.45) is 9.40. The summed E-state index contributed by atoms with van der Waals surface area (Å²) in [5.41, 5.74) is 12.2. The smallest absolute Gasteiger partial charge is 0.135 e. The zero-order valence-corrected chi connectivity index (χ0v) is 31.2. The van der Waals surface area contributed by atoms with Crippen molar-refractivity contribution >= 4 is 50.8 Å². The first-order valence-corrected chi connectivity index (χ1v) is 20.3. The number of benzene rings is 5. The molecule has 2 heterocycles. The number of anilines is 3. The summed E-state index contributed by atoms with van der Waals surface area (Å²) in [5, 5.41) is 2.36. The van der Waals surface area contributed by atoms with Crippen LogP contribution in [0.25, 0.3) is 21.9 Å². The molecule has 1 aromatic heterocycles. The first kappa shape index (κ1) is 30.7. The van der Waals surface area contributed by atoms with E-state index >= 15 is 0 Å². The first-order chi connectivity index (χ1) is 24.7.